The highest BCUT2D eigenvalue weighted by molar-refractivity contribution is 5.81. The first-order chi connectivity index (χ1) is 8.79. The maximum atomic E-state index is 11.6. The molecule has 96 valence electrons. The van der Waals surface area contributed by atoms with Crippen LogP contribution in [-0.4, -0.2) is 24.8 Å². The minimum atomic E-state index is -0.637. The van der Waals surface area contributed by atoms with Gasteiger partial charge in [0.05, 0.1) is 12.7 Å². The Balaban J connectivity index is 1.80. The average molecular weight is 246 g/mol. The van der Waals surface area contributed by atoms with Crippen molar-refractivity contribution in [1.82, 2.24) is 0 Å². The first-order valence-corrected chi connectivity index (χ1v) is 6.67. The standard InChI is InChI=1S/C15H18O3/c1-2-13(16)15-17-9-12-11-6-4-3-5-10(11)7-8-14(12)18-15/h3-6,12,14-15H,2,7-9H2,1H3. The molecule has 1 aromatic carbocycles. The van der Waals surface area contributed by atoms with Crippen molar-refractivity contribution in [1.29, 1.82) is 0 Å². The molecule has 0 saturated carbocycles. The monoisotopic (exact) mass is 246 g/mol. The number of aryl methyl sites for hydroxylation is 1. The maximum absolute atomic E-state index is 11.6. The first-order valence-electron chi connectivity index (χ1n) is 6.67. The third kappa shape index (κ3) is 1.98. The predicted molar refractivity (Wildman–Crippen MR) is 67.4 cm³/mol. The lowest BCUT2D eigenvalue weighted by molar-refractivity contribution is -0.220. The van der Waals surface area contributed by atoms with E-state index < -0.39 is 6.29 Å². The van der Waals surface area contributed by atoms with Crippen molar-refractivity contribution >= 4 is 5.78 Å². The number of hydrogen-bond acceptors (Lipinski definition) is 3. The summed E-state index contributed by atoms with van der Waals surface area (Å²) in [4.78, 5) is 11.6. The van der Waals surface area contributed by atoms with E-state index in [0.717, 1.165) is 12.8 Å². The molecular weight excluding hydrogens is 228 g/mol. The van der Waals surface area contributed by atoms with E-state index >= 15 is 0 Å². The molecule has 0 bridgehead atoms. The number of fused-ring (bicyclic) bond motifs is 3. The van der Waals surface area contributed by atoms with E-state index in [0.29, 0.717) is 13.0 Å². The minimum absolute atomic E-state index is 0.0484. The van der Waals surface area contributed by atoms with E-state index in [2.05, 4.69) is 24.3 Å². The van der Waals surface area contributed by atoms with Gasteiger partial charge in [-0.1, -0.05) is 31.2 Å². The molecule has 3 unspecified atom stereocenters. The molecule has 1 heterocycles. The number of Topliss-reactive ketones (excluding diaryl/α,β-unsaturated/α-hetero) is 1. The van der Waals surface area contributed by atoms with Gasteiger partial charge >= 0.3 is 0 Å². The Bertz CT molecular complexity index is 455. The summed E-state index contributed by atoms with van der Waals surface area (Å²) >= 11 is 0. The van der Waals surface area contributed by atoms with Crippen LogP contribution in [0, 0.1) is 0 Å². The minimum Gasteiger partial charge on any atom is -0.345 e. The van der Waals surface area contributed by atoms with E-state index in [1.165, 1.54) is 11.1 Å². The molecule has 1 saturated heterocycles. The molecular formula is C15H18O3. The number of rotatable bonds is 2. The molecule has 1 fully saturated rings. The van der Waals surface area contributed by atoms with Crippen LogP contribution in [0.4, 0.5) is 0 Å². The number of ether oxygens (including phenoxy) is 2. The summed E-state index contributed by atoms with van der Waals surface area (Å²) in [6.07, 6.45) is 1.98. The third-order valence-electron chi connectivity index (χ3n) is 3.94. The van der Waals surface area contributed by atoms with E-state index in [9.17, 15) is 4.79 Å². The number of carbonyl (C=O) groups is 1. The molecule has 0 N–H and O–H groups in total. The topological polar surface area (TPSA) is 35.5 Å². The lowest BCUT2D eigenvalue weighted by Gasteiger charge is -2.39. The molecule has 1 aromatic rings. The summed E-state index contributed by atoms with van der Waals surface area (Å²) in [5, 5.41) is 0. The van der Waals surface area contributed by atoms with E-state index in [-0.39, 0.29) is 17.8 Å². The van der Waals surface area contributed by atoms with Crippen molar-refractivity contribution < 1.29 is 14.3 Å². The van der Waals surface area contributed by atoms with Gasteiger partial charge in [-0.15, -0.1) is 0 Å². The van der Waals surface area contributed by atoms with Crippen LogP contribution in [0.2, 0.25) is 0 Å². The van der Waals surface area contributed by atoms with E-state index in [4.69, 9.17) is 9.47 Å². The average Bonchev–Trinajstić information content (AvgIpc) is 2.45. The lowest BCUT2D eigenvalue weighted by atomic mass is 9.80. The molecule has 3 rings (SSSR count). The van der Waals surface area contributed by atoms with Gasteiger partial charge in [0.2, 0.25) is 6.29 Å². The summed E-state index contributed by atoms with van der Waals surface area (Å²) in [7, 11) is 0. The Labute approximate surface area is 107 Å². The smallest absolute Gasteiger partial charge is 0.218 e. The zero-order valence-corrected chi connectivity index (χ0v) is 10.6. The van der Waals surface area contributed by atoms with Crippen molar-refractivity contribution in [3.05, 3.63) is 35.4 Å². The highest BCUT2D eigenvalue weighted by atomic mass is 16.7. The summed E-state index contributed by atoms with van der Waals surface area (Å²) in [5.74, 6) is 0.336. The second-order valence-electron chi connectivity index (χ2n) is 5.00. The van der Waals surface area contributed by atoms with Gasteiger partial charge in [0.15, 0.2) is 5.78 Å². The van der Waals surface area contributed by atoms with Crippen LogP contribution in [0.3, 0.4) is 0 Å². The molecule has 0 spiro atoms. The van der Waals surface area contributed by atoms with E-state index in [1.807, 2.05) is 6.92 Å². The number of benzene rings is 1. The Kier molecular flexibility index (Phi) is 3.18. The van der Waals surface area contributed by atoms with Crippen molar-refractivity contribution in [2.75, 3.05) is 6.61 Å². The first kappa shape index (κ1) is 11.9. The SMILES string of the molecule is CCC(=O)C1OCC2c3ccccc3CCC2O1. The normalized spacial score (nSPS) is 30.4. The number of hydrogen-bond donors (Lipinski definition) is 0. The van der Waals surface area contributed by atoms with Crippen molar-refractivity contribution in [2.45, 2.75) is 44.5 Å². The molecule has 3 atom stereocenters. The largest absolute Gasteiger partial charge is 0.345 e. The van der Waals surface area contributed by atoms with Crippen LogP contribution in [0.25, 0.3) is 0 Å². The zero-order valence-electron chi connectivity index (χ0n) is 10.6. The maximum Gasteiger partial charge on any atom is 0.218 e. The molecule has 0 aromatic heterocycles. The molecule has 0 radical (unpaired) electrons. The fraction of sp³-hybridized carbons (Fsp3) is 0.533. The van der Waals surface area contributed by atoms with Gasteiger partial charge in [-0.05, 0) is 24.0 Å². The molecule has 0 amide bonds. The lowest BCUT2D eigenvalue weighted by Crippen LogP contribution is -2.44. The molecule has 18 heavy (non-hydrogen) atoms. The van der Waals surface area contributed by atoms with Crippen LogP contribution in [0.5, 0.6) is 0 Å². The predicted octanol–water partition coefficient (Wildman–Crippen LogP) is 2.44. The summed E-state index contributed by atoms with van der Waals surface area (Å²) in [5.41, 5.74) is 2.72. The Morgan fingerprint density at radius 1 is 1.39 bits per heavy atom. The Morgan fingerprint density at radius 3 is 3.06 bits per heavy atom. The second kappa shape index (κ2) is 4.82. The van der Waals surface area contributed by atoms with Crippen LogP contribution < -0.4 is 0 Å². The Morgan fingerprint density at radius 2 is 2.22 bits per heavy atom. The number of ketones is 1. The van der Waals surface area contributed by atoms with Gasteiger partial charge in [-0.3, -0.25) is 4.79 Å². The third-order valence-corrected chi connectivity index (χ3v) is 3.94. The number of carbonyl (C=O) groups excluding carboxylic acids is 1. The fourth-order valence-electron chi connectivity index (χ4n) is 2.91. The van der Waals surface area contributed by atoms with Gasteiger partial charge in [0, 0.05) is 12.3 Å². The van der Waals surface area contributed by atoms with Crippen LogP contribution in [0.15, 0.2) is 24.3 Å². The van der Waals surface area contributed by atoms with Crippen molar-refractivity contribution in [3.8, 4) is 0 Å². The molecule has 3 heteroatoms. The second-order valence-corrected chi connectivity index (χ2v) is 5.00. The van der Waals surface area contributed by atoms with Gasteiger partial charge < -0.3 is 9.47 Å². The van der Waals surface area contributed by atoms with Crippen molar-refractivity contribution in [2.24, 2.45) is 0 Å². The quantitative estimate of drug-likeness (QED) is 0.804. The van der Waals surface area contributed by atoms with Gasteiger partial charge in [-0.25, -0.2) is 0 Å². The molecule has 3 nitrogen and oxygen atoms in total. The highest BCUT2D eigenvalue weighted by Gasteiger charge is 2.38. The van der Waals surface area contributed by atoms with Gasteiger partial charge in [0.25, 0.3) is 0 Å². The van der Waals surface area contributed by atoms with Crippen LogP contribution in [-0.2, 0) is 20.7 Å². The van der Waals surface area contributed by atoms with E-state index in [1.54, 1.807) is 0 Å². The van der Waals surface area contributed by atoms with Gasteiger partial charge in [0.1, 0.15) is 0 Å². The summed E-state index contributed by atoms with van der Waals surface area (Å²) in [6.45, 7) is 2.44. The molecule has 1 aliphatic heterocycles. The summed E-state index contributed by atoms with van der Waals surface area (Å²) in [6, 6.07) is 8.47. The Hall–Kier alpha value is -1.19. The van der Waals surface area contributed by atoms with Gasteiger partial charge in [-0.2, -0.15) is 0 Å². The zero-order chi connectivity index (χ0) is 12.5. The molecule has 2 aliphatic rings. The van der Waals surface area contributed by atoms with Crippen LogP contribution >= 0.6 is 0 Å². The summed E-state index contributed by atoms with van der Waals surface area (Å²) < 4.78 is 11.4. The fourth-order valence-corrected chi connectivity index (χ4v) is 2.91. The highest BCUT2D eigenvalue weighted by Crippen LogP contribution is 2.37. The van der Waals surface area contributed by atoms with Crippen molar-refractivity contribution in [3.63, 3.8) is 0 Å². The van der Waals surface area contributed by atoms with Crippen LogP contribution in [0.1, 0.15) is 36.8 Å². The molecule has 1 aliphatic carbocycles.